The van der Waals surface area contributed by atoms with Crippen molar-refractivity contribution in [3.8, 4) is 5.75 Å². The van der Waals surface area contributed by atoms with Crippen LogP contribution < -0.4 is 9.64 Å². The number of pyridine rings is 1. The summed E-state index contributed by atoms with van der Waals surface area (Å²) in [5.74, 6) is -0.994. The zero-order chi connectivity index (χ0) is 13.7. The fourth-order valence-corrected chi connectivity index (χ4v) is 1.35. The standard InChI is InChI=1S/C11H14F2N2O3/c1-7(10(16)17)6-15(2)9-4-3-8(5-14-9)18-11(12)13/h3-5,7,11H,6H2,1-2H3,(H,16,17). The van der Waals surface area contributed by atoms with Crippen molar-refractivity contribution >= 4 is 11.8 Å². The van der Waals surface area contributed by atoms with Crippen LogP contribution in [0.3, 0.4) is 0 Å². The molecule has 100 valence electrons. The second kappa shape index (κ2) is 6.13. The van der Waals surface area contributed by atoms with Crippen molar-refractivity contribution in [1.82, 2.24) is 4.98 Å². The summed E-state index contributed by atoms with van der Waals surface area (Å²) in [4.78, 5) is 16.2. The first-order valence-electron chi connectivity index (χ1n) is 5.25. The average molecular weight is 260 g/mol. The van der Waals surface area contributed by atoms with Gasteiger partial charge in [-0.2, -0.15) is 8.78 Å². The quantitative estimate of drug-likeness (QED) is 0.845. The molecule has 1 aromatic heterocycles. The van der Waals surface area contributed by atoms with Crippen LogP contribution in [0.2, 0.25) is 0 Å². The third-order valence-electron chi connectivity index (χ3n) is 2.31. The largest absolute Gasteiger partial charge is 0.481 e. The average Bonchev–Trinajstić information content (AvgIpc) is 2.28. The number of alkyl halides is 2. The molecule has 0 aliphatic carbocycles. The summed E-state index contributed by atoms with van der Waals surface area (Å²) in [5, 5.41) is 8.77. The number of ether oxygens (including phenoxy) is 1. The van der Waals surface area contributed by atoms with Crippen LogP contribution in [-0.2, 0) is 4.79 Å². The van der Waals surface area contributed by atoms with E-state index in [0.717, 1.165) is 0 Å². The highest BCUT2D eigenvalue weighted by Gasteiger charge is 2.14. The Labute approximate surface area is 103 Å². The Bertz CT molecular complexity index is 398. The summed E-state index contributed by atoms with van der Waals surface area (Å²) in [6, 6.07) is 2.85. The third-order valence-corrected chi connectivity index (χ3v) is 2.31. The second-order valence-electron chi connectivity index (χ2n) is 3.85. The van der Waals surface area contributed by atoms with E-state index in [1.165, 1.54) is 18.3 Å². The number of anilines is 1. The van der Waals surface area contributed by atoms with E-state index in [0.29, 0.717) is 5.82 Å². The highest BCUT2D eigenvalue weighted by atomic mass is 19.3. The van der Waals surface area contributed by atoms with Gasteiger partial charge in [-0.25, -0.2) is 4.98 Å². The summed E-state index contributed by atoms with van der Waals surface area (Å²) in [6.07, 6.45) is 1.17. The molecular formula is C11H14F2N2O3. The van der Waals surface area contributed by atoms with E-state index >= 15 is 0 Å². The molecule has 1 atom stereocenters. The smallest absolute Gasteiger partial charge is 0.387 e. The van der Waals surface area contributed by atoms with Crippen LogP contribution in [0.15, 0.2) is 18.3 Å². The number of carboxylic acids is 1. The van der Waals surface area contributed by atoms with Gasteiger partial charge in [0.1, 0.15) is 11.6 Å². The van der Waals surface area contributed by atoms with Gasteiger partial charge in [0.05, 0.1) is 12.1 Å². The van der Waals surface area contributed by atoms with E-state index in [1.807, 2.05) is 0 Å². The Balaban J connectivity index is 2.64. The van der Waals surface area contributed by atoms with Crippen molar-refractivity contribution < 1.29 is 23.4 Å². The molecule has 0 radical (unpaired) electrons. The summed E-state index contributed by atoms with van der Waals surface area (Å²) in [6.45, 7) is -1.03. The predicted molar refractivity (Wildman–Crippen MR) is 60.9 cm³/mol. The Hall–Kier alpha value is -1.92. The summed E-state index contributed by atoms with van der Waals surface area (Å²) in [7, 11) is 1.68. The molecule has 5 nitrogen and oxygen atoms in total. The van der Waals surface area contributed by atoms with Gasteiger partial charge >= 0.3 is 12.6 Å². The topological polar surface area (TPSA) is 62.7 Å². The van der Waals surface area contributed by atoms with Gasteiger partial charge in [-0.1, -0.05) is 6.92 Å². The minimum absolute atomic E-state index is 0.0339. The molecule has 7 heteroatoms. The van der Waals surface area contributed by atoms with Gasteiger partial charge in [-0.3, -0.25) is 4.79 Å². The predicted octanol–water partition coefficient (Wildman–Crippen LogP) is 1.84. The maximum absolute atomic E-state index is 11.9. The molecule has 0 amide bonds. The molecule has 0 aromatic carbocycles. The van der Waals surface area contributed by atoms with Crippen molar-refractivity contribution in [1.29, 1.82) is 0 Å². The van der Waals surface area contributed by atoms with E-state index < -0.39 is 18.5 Å². The first kappa shape index (κ1) is 14.1. The van der Waals surface area contributed by atoms with Crippen LogP contribution in [0.25, 0.3) is 0 Å². The van der Waals surface area contributed by atoms with Gasteiger partial charge in [-0.05, 0) is 12.1 Å². The molecule has 0 saturated carbocycles. The van der Waals surface area contributed by atoms with Crippen LogP contribution >= 0.6 is 0 Å². The minimum Gasteiger partial charge on any atom is -0.481 e. The van der Waals surface area contributed by atoms with Crippen LogP contribution in [0.1, 0.15) is 6.92 Å². The molecule has 1 rings (SSSR count). The summed E-state index contributed by atoms with van der Waals surface area (Å²) >= 11 is 0. The molecule has 0 aliphatic heterocycles. The molecule has 1 aromatic rings. The number of halogens is 2. The number of rotatable bonds is 6. The summed E-state index contributed by atoms with van der Waals surface area (Å²) < 4.78 is 28.0. The van der Waals surface area contributed by atoms with Crippen molar-refractivity contribution in [2.45, 2.75) is 13.5 Å². The Kier molecular flexibility index (Phi) is 4.82. The van der Waals surface area contributed by atoms with Crippen molar-refractivity contribution in [2.24, 2.45) is 5.92 Å². The molecule has 0 spiro atoms. The number of carboxylic acid groups (broad SMARTS) is 1. The monoisotopic (exact) mass is 260 g/mol. The maximum atomic E-state index is 11.9. The lowest BCUT2D eigenvalue weighted by molar-refractivity contribution is -0.140. The van der Waals surface area contributed by atoms with Gasteiger partial charge < -0.3 is 14.7 Å². The fraction of sp³-hybridized carbons (Fsp3) is 0.455. The molecule has 0 bridgehead atoms. The van der Waals surface area contributed by atoms with Crippen molar-refractivity contribution in [3.05, 3.63) is 18.3 Å². The number of hydrogen-bond acceptors (Lipinski definition) is 4. The lowest BCUT2D eigenvalue weighted by Crippen LogP contribution is -2.28. The van der Waals surface area contributed by atoms with Gasteiger partial charge in [0, 0.05) is 13.6 Å². The molecule has 0 saturated heterocycles. The minimum atomic E-state index is -2.89. The highest BCUT2D eigenvalue weighted by Crippen LogP contribution is 2.17. The van der Waals surface area contributed by atoms with E-state index in [-0.39, 0.29) is 12.3 Å². The summed E-state index contributed by atoms with van der Waals surface area (Å²) in [5.41, 5.74) is 0. The van der Waals surface area contributed by atoms with E-state index in [4.69, 9.17) is 5.11 Å². The molecule has 0 fully saturated rings. The Morgan fingerprint density at radius 1 is 1.56 bits per heavy atom. The lowest BCUT2D eigenvalue weighted by atomic mass is 10.2. The lowest BCUT2D eigenvalue weighted by Gasteiger charge is -2.20. The molecule has 1 N–H and O–H groups in total. The third kappa shape index (κ3) is 4.15. The van der Waals surface area contributed by atoms with Gasteiger partial charge in [0.2, 0.25) is 0 Å². The molecular weight excluding hydrogens is 246 g/mol. The molecule has 18 heavy (non-hydrogen) atoms. The number of aliphatic carboxylic acids is 1. The van der Waals surface area contributed by atoms with Crippen LogP contribution in [-0.4, -0.2) is 36.3 Å². The van der Waals surface area contributed by atoms with E-state index in [2.05, 4.69) is 9.72 Å². The molecule has 0 aliphatic rings. The first-order valence-corrected chi connectivity index (χ1v) is 5.25. The normalized spacial score (nSPS) is 12.3. The fourth-order valence-electron chi connectivity index (χ4n) is 1.35. The van der Waals surface area contributed by atoms with Crippen molar-refractivity contribution in [3.63, 3.8) is 0 Å². The SMILES string of the molecule is CC(CN(C)c1ccc(OC(F)F)cn1)C(=O)O. The number of hydrogen-bond donors (Lipinski definition) is 1. The van der Waals surface area contributed by atoms with Crippen molar-refractivity contribution in [2.75, 3.05) is 18.5 Å². The van der Waals surface area contributed by atoms with Crippen LogP contribution in [0.5, 0.6) is 5.75 Å². The molecule has 1 heterocycles. The highest BCUT2D eigenvalue weighted by molar-refractivity contribution is 5.70. The van der Waals surface area contributed by atoms with Crippen LogP contribution in [0, 0.1) is 5.92 Å². The zero-order valence-corrected chi connectivity index (χ0v) is 10.0. The maximum Gasteiger partial charge on any atom is 0.387 e. The zero-order valence-electron chi connectivity index (χ0n) is 10.0. The van der Waals surface area contributed by atoms with E-state index in [9.17, 15) is 13.6 Å². The van der Waals surface area contributed by atoms with E-state index in [1.54, 1.807) is 18.9 Å². The van der Waals surface area contributed by atoms with Crippen LogP contribution in [0.4, 0.5) is 14.6 Å². The number of aromatic nitrogens is 1. The van der Waals surface area contributed by atoms with Gasteiger partial charge in [0.15, 0.2) is 0 Å². The number of carbonyl (C=O) groups is 1. The second-order valence-corrected chi connectivity index (χ2v) is 3.85. The first-order chi connectivity index (χ1) is 8.40. The number of nitrogens with zero attached hydrogens (tertiary/aromatic N) is 2. The molecule has 1 unspecified atom stereocenters. The Morgan fingerprint density at radius 2 is 2.22 bits per heavy atom. The van der Waals surface area contributed by atoms with Gasteiger partial charge in [-0.15, -0.1) is 0 Å². The van der Waals surface area contributed by atoms with Gasteiger partial charge in [0.25, 0.3) is 0 Å². The Morgan fingerprint density at radius 3 is 2.67 bits per heavy atom.